The van der Waals surface area contributed by atoms with E-state index in [2.05, 4.69) is 46.4 Å². The highest BCUT2D eigenvalue weighted by Gasteiger charge is 2.16. The van der Waals surface area contributed by atoms with E-state index in [9.17, 15) is 0 Å². The fourth-order valence-electron chi connectivity index (χ4n) is 3.53. The van der Waals surface area contributed by atoms with Crippen molar-refractivity contribution in [2.24, 2.45) is 10.7 Å². The first-order chi connectivity index (χ1) is 14.6. The molecule has 3 rings (SSSR count). The molecular formula is C23H32N4O3. The Kier molecular flexibility index (Phi) is 7.93. The van der Waals surface area contributed by atoms with Gasteiger partial charge in [-0.2, -0.15) is 0 Å². The molecule has 2 aromatic rings. The van der Waals surface area contributed by atoms with Crippen molar-refractivity contribution in [2.45, 2.75) is 32.7 Å². The number of nitrogens with one attached hydrogen (secondary N) is 1. The molecule has 1 saturated heterocycles. The molecular weight excluding hydrogens is 380 g/mol. The van der Waals surface area contributed by atoms with Gasteiger partial charge in [0.25, 0.3) is 0 Å². The molecule has 1 unspecified atom stereocenters. The highest BCUT2D eigenvalue weighted by atomic mass is 16.5. The smallest absolute Gasteiger partial charge is 0.189 e. The van der Waals surface area contributed by atoms with Crippen molar-refractivity contribution >= 4 is 5.96 Å². The van der Waals surface area contributed by atoms with Gasteiger partial charge in [-0.15, -0.1) is 0 Å². The van der Waals surface area contributed by atoms with Crippen LogP contribution in [0.2, 0.25) is 0 Å². The third kappa shape index (κ3) is 6.37. The van der Waals surface area contributed by atoms with E-state index in [1.807, 2.05) is 18.2 Å². The Labute approximate surface area is 178 Å². The van der Waals surface area contributed by atoms with Gasteiger partial charge in [-0.25, -0.2) is 4.99 Å². The van der Waals surface area contributed by atoms with Crippen LogP contribution in [0.15, 0.2) is 47.5 Å². The number of hydrogen-bond donors (Lipinski definition) is 2. The summed E-state index contributed by atoms with van der Waals surface area (Å²) in [5.74, 6) is 1.81. The first kappa shape index (κ1) is 21.9. The van der Waals surface area contributed by atoms with Gasteiger partial charge in [0, 0.05) is 26.2 Å². The highest BCUT2D eigenvalue weighted by Crippen LogP contribution is 2.27. The Morgan fingerprint density at radius 2 is 1.93 bits per heavy atom. The number of methoxy groups -OCH3 is 2. The second kappa shape index (κ2) is 10.8. The Bertz CT molecular complexity index is 856. The second-order valence-electron chi connectivity index (χ2n) is 7.48. The number of morpholine rings is 1. The minimum atomic E-state index is 0.295. The molecule has 7 heteroatoms. The summed E-state index contributed by atoms with van der Waals surface area (Å²) in [6, 6.07) is 14.3. The summed E-state index contributed by atoms with van der Waals surface area (Å²) in [7, 11) is 3.25. The number of nitrogens with zero attached hydrogens (tertiary/aromatic N) is 2. The molecule has 0 amide bonds. The SMILES string of the molecule is COc1ccc(CNC(N)=NCc2cccc(CN3CCOC(C)C3)c2)cc1OC. The van der Waals surface area contributed by atoms with Gasteiger partial charge in [0.1, 0.15) is 0 Å². The van der Waals surface area contributed by atoms with Crippen LogP contribution in [0.3, 0.4) is 0 Å². The molecule has 0 bridgehead atoms. The monoisotopic (exact) mass is 412 g/mol. The standard InChI is InChI=1S/C23H32N4O3/c1-17-15-27(9-10-30-17)16-20-6-4-5-18(11-20)13-25-23(24)26-14-19-7-8-21(28-2)22(12-19)29-3/h4-8,11-12,17H,9-10,13-16H2,1-3H3,(H3,24,25,26). The molecule has 1 atom stereocenters. The summed E-state index contributed by atoms with van der Waals surface area (Å²) < 4.78 is 16.2. The van der Waals surface area contributed by atoms with E-state index >= 15 is 0 Å². The summed E-state index contributed by atoms with van der Waals surface area (Å²) in [5.41, 5.74) is 9.52. The molecule has 2 aromatic carbocycles. The number of aliphatic imine (C=N–C) groups is 1. The van der Waals surface area contributed by atoms with Crippen molar-refractivity contribution in [1.29, 1.82) is 0 Å². The third-order valence-corrected chi connectivity index (χ3v) is 5.08. The van der Waals surface area contributed by atoms with E-state index in [0.717, 1.165) is 37.4 Å². The zero-order valence-corrected chi connectivity index (χ0v) is 18.1. The van der Waals surface area contributed by atoms with Crippen molar-refractivity contribution in [3.63, 3.8) is 0 Å². The zero-order valence-electron chi connectivity index (χ0n) is 18.1. The van der Waals surface area contributed by atoms with E-state index in [0.29, 0.717) is 36.7 Å². The first-order valence-corrected chi connectivity index (χ1v) is 10.2. The molecule has 0 aliphatic carbocycles. The average Bonchev–Trinajstić information content (AvgIpc) is 2.76. The van der Waals surface area contributed by atoms with Crippen molar-refractivity contribution in [3.05, 3.63) is 59.2 Å². The van der Waals surface area contributed by atoms with Crippen LogP contribution in [0.5, 0.6) is 11.5 Å². The first-order valence-electron chi connectivity index (χ1n) is 10.2. The molecule has 0 aromatic heterocycles. The van der Waals surface area contributed by atoms with Crippen LogP contribution >= 0.6 is 0 Å². The molecule has 0 radical (unpaired) electrons. The van der Waals surface area contributed by atoms with Crippen LogP contribution in [0.1, 0.15) is 23.6 Å². The quantitative estimate of drug-likeness (QED) is 0.512. The van der Waals surface area contributed by atoms with E-state index in [1.54, 1.807) is 14.2 Å². The van der Waals surface area contributed by atoms with Gasteiger partial charge in [0.15, 0.2) is 17.5 Å². The lowest BCUT2D eigenvalue weighted by atomic mass is 10.1. The lowest BCUT2D eigenvalue weighted by Crippen LogP contribution is -2.40. The van der Waals surface area contributed by atoms with Gasteiger partial charge < -0.3 is 25.3 Å². The summed E-state index contributed by atoms with van der Waals surface area (Å²) >= 11 is 0. The maximum absolute atomic E-state index is 6.06. The molecule has 7 nitrogen and oxygen atoms in total. The third-order valence-electron chi connectivity index (χ3n) is 5.08. The topological polar surface area (TPSA) is 81.3 Å². The molecule has 1 aliphatic heterocycles. The number of benzene rings is 2. The summed E-state index contributed by atoms with van der Waals surface area (Å²) in [5, 5.41) is 3.15. The number of rotatable bonds is 8. The van der Waals surface area contributed by atoms with Gasteiger partial charge >= 0.3 is 0 Å². The van der Waals surface area contributed by atoms with Crippen LogP contribution < -0.4 is 20.5 Å². The lowest BCUT2D eigenvalue weighted by molar-refractivity contribution is -0.0212. The Morgan fingerprint density at radius 3 is 2.70 bits per heavy atom. The normalized spacial score (nSPS) is 17.6. The number of guanidine groups is 1. The summed E-state index contributed by atoms with van der Waals surface area (Å²) in [6.07, 6.45) is 0.295. The van der Waals surface area contributed by atoms with Crippen LogP contribution in [0.4, 0.5) is 0 Å². The highest BCUT2D eigenvalue weighted by molar-refractivity contribution is 5.77. The molecule has 0 spiro atoms. The van der Waals surface area contributed by atoms with Crippen molar-refractivity contribution in [3.8, 4) is 11.5 Å². The zero-order chi connectivity index (χ0) is 21.3. The van der Waals surface area contributed by atoms with Crippen molar-refractivity contribution in [1.82, 2.24) is 10.2 Å². The van der Waals surface area contributed by atoms with E-state index in [1.165, 1.54) is 5.56 Å². The predicted molar refractivity (Wildman–Crippen MR) is 119 cm³/mol. The minimum absolute atomic E-state index is 0.295. The van der Waals surface area contributed by atoms with Crippen LogP contribution in [-0.2, 0) is 24.4 Å². The van der Waals surface area contributed by atoms with Gasteiger partial charge in [-0.05, 0) is 35.7 Å². The molecule has 30 heavy (non-hydrogen) atoms. The molecule has 3 N–H and O–H groups in total. The van der Waals surface area contributed by atoms with Gasteiger partial charge in [-0.3, -0.25) is 4.90 Å². The van der Waals surface area contributed by atoms with Gasteiger partial charge in [-0.1, -0.05) is 30.3 Å². The van der Waals surface area contributed by atoms with Crippen LogP contribution in [0.25, 0.3) is 0 Å². The largest absolute Gasteiger partial charge is 0.493 e. The average molecular weight is 413 g/mol. The van der Waals surface area contributed by atoms with Crippen LogP contribution in [0, 0.1) is 0 Å². The molecule has 1 heterocycles. The fourth-order valence-corrected chi connectivity index (χ4v) is 3.53. The molecule has 1 aliphatic rings. The summed E-state index contributed by atoms with van der Waals surface area (Å²) in [4.78, 5) is 6.91. The Hall–Kier alpha value is -2.77. The number of hydrogen-bond acceptors (Lipinski definition) is 5. The van der Waals surface area contributed by atoms with Crippen LogP contribution in [-0.4, -0.2) is 50.9 Å². The molecule has 162 valence electrons. The maximum atomic E-state index is 6.06. The maximum Gasteiger partial charge on any atom is 0.189 e. The van der Waals surface area contributed by atoms with E-state index in [4.69, 9.17) is 19.9 Å². The Balaban J connectivity index is 1.52. The van der Waals surface area contributed by atoms with E-state index < -0.39 is 0 Å². The van der Waals surface area contributed by atoms with E-state index in [-0.39, 0.29) is 0 Å². The molecule has 0 saturated carbocycles. The van der Waals surface area contributed by atoms with Crippen molar-refractivity contribution < 1.29 is 14.2 Å². The molecule has 1 fully saturated rings. The fraction of sp³-hybridized carbons (Fsp3) is 0.435. The number of ether oxygens (including phenoxy) is 3. The summed E-state index contributed by atoms with van der Waals surface area (Å²) in [6.45, 7) is 6.89. The Morgan fingerprint density at radius 1 is 1.13 bits per heavy atom. The van der Waals surface area contributed by atoms with Crippen molar-refractivity contribution in [2.75, 3.05) is 33.9 Å². The number of nitrogens with two attached hydrogens (primary N) is 1. The second-order valence-corrected chi connectivity index (χ2v) is 7.48. The predicted octanol–water partition coefficient (Wildman–Crippen LogP) is 2.53. The lowest BCUT2D eigenvalue weighted by Gasteiger charge is -2.31. The van der Waals surface area contributed by atoms with Gasteiger partial charge in [0.05, 0.1) is 33.5 Å². The minimum Gasteiger partial charge on any atom is -0.493 e. The van der Waals surface area contributed by atoms with Gasteiger partial charge in [0.2, 0.25) is 0 Å².